The van der Waals surface area contributed by atoms with E-state index in [1.807, 2.05) is 65.4 Å². The largest absolute Gasteiger partial charge is 0.321 e. The van der Waals surface area contributed by atoms with Gasteiger partial charge in [-0.1, -0.05) is 54.6 Å². The number of thiophene rings is 1. The van der Waals surface area contributed by atoms with Gasteiger partial charge >= 0.3 is 0 Å². The molecule has 0 saturated heterocycles. The molecule has 2 amide bonds. The van der Waals surface area contributed by atoms with Gasteiger partial charge in [0.15, 0.2) is 0 Å². The Kier molecular flexibility index (Phi) is 7.74. The van der Waals surface area contributed by atoms with Gasteiger partial charge in [0.25, 0.3) is 11.8 Å². The van der Waals surface area contributed by atoms with E-state index in [1.54, 1.807) is 42.1 Å². The second kappa shape index (κ2) is 11.3. The molecule has 0 aliphatic heterocycles. The minimum absolute atomic E-state index is 0.185. The van der Waals surface area contributed by atoms with Crippen molar-refractivity contribution in [2.45, 2.75) is 10.6 Å². The van der Waals surface area contributed by atoms with E-state index < -0.39 is 0 Å². The fourth-order valence-corrected chi connectivity index (χ4v) is 4.60. The Hall–Kier alpha value is -3.61. The van der Waals surface area contributed by atoms with Gasteiger partial charge in [-0.2, -0.15) is 11.3 Å². The van der Waals surface area contributed by atoms with Crippen molar-refractivity contribution >= 4 is 46.7 Å². The highest BCUT2D eigenvalue weighted by molar-refractivity contribution is 7.98. The standard InChI is InChI=1S/C27H22N2O2S2/c30-26(22-10-5-2-6-11-22)29-25(16-21-14-15-32-18-21)27(31)28-23-12-7-13-24(17-23)33-19-20-8-3-1-4-9-20/h1-18H,19H2,(H,28,31)(H,29,30)/b25-16+. The molecule has 0 atom stereocenters. The van der Waals surface area contributed by atoms with Crippen LogP contribution in [0.1, 0.15) is 21.5 Å². The number of thioether (sulfide) groups is 1. The highest BCUT2D eigenvalue weighted by Crippen LogP contribution is 2.25. The van der Waals surface area contributed by atoms with Crippen LogP contribution >= 0.6 is 23.1 Å². The zero-order chi connectivity index (χ0) is 22.9. The van der Waals surface area contributed by atoms with E-state index in [4.69, 9.17) is 0 Å². The summed E-state index contributed by atoms with van der Waals surface area (Å²) >= 11 is 3.23. The van der Waals surface area contributed by atoms with Crippen molar-refractivity contribution in [2.24, 2.45) is 0 Å². The molecule has 4 rings (SSSR count). The van der Waals surface area contributed by atoms with E-state index in [-0.39, 0.29) is 17.5 Å². The molecular formula is C27H22N2O2S2. The van der Waals surface area contributed by atoms with Crippen molar-refractivity contribution < 1.29 is 9.59 Å². The van der Waals surface area contributed by atoms with Gasteiger partial charge in [0.1, 0.15) is 5.70 Å². The molecule has 6 heteroatoms. The SMILES string of the molecule is O=C(Nc1cccc(SCc2ccccc2)c1)/C(=C\c1ccsc1)NC(=O)c1ccccc1. The van der Waals surface area contributed by atoms with Crippen LogP contribution in [0, 0.1) is 0 Å². The lowest BCUT2D eigenvalue weighted by Gasteiger charge is -2.12. The maximum absolute atomic E-state index is 13.1. The third-order valence-corrected chi connectivity index (χ3v) is 6.49. The number of carbonyl (C=O) groups excluding carboxylic acids is 2. The van der Waals surface area contributed by atoms with Crippen LogP contribution < -0.4 is 10.6 Å². The fraction of sp³-hybridized carbons (Fsp3) is 0.0370. The van der Waals surface area contributed by atoms with Gasteiger partial charge < -0.3 is 10.6 Å². The molecule has 2 N–H and O–H groups in total. The number of amides is 2. The lowest BCUT2D eigenvalue weighted by atomic mass is 10.2. The summed E-state index contributed by atoms with van der Waals surface area (Å²) in [5.74, 6) is 0.129. The van der Waals surface area contributed by atoms with Crippen LogP contribution in [0.3, 0.4) is 0 Å². The summed E-state index contributed by atoms with van der Waals surface area (Å²) in [6, 6.07) is 28.7. The molecule has 1 heterocycles. The minimum atomic E-state index is -0.379. The van der Waals surface area contributed by atoms with Gasteiger partial charge in [0.2, 0.25) is 0 Å². The van der Waals surface area contributed by atoms with E-state index in [0.29, 0.717) is 11.3 Å². The number of rotatable bonds is 8. The third kappa shape index (κ3) is 6.68. The monoisotopic (exact) mass is 470 g/mol. The van der Waals surface area contributed by atoms with E-state index >= 15 is 0 Å². The molecule has 0 bridgehead atoms. The number of hydrogen-bond acceptors (Lipinski definition) is 4. The Morgan fingerprint density at radius 2 is 1.64 bits per heavy atom. The summed E-state index contributed by atoms with van der Waals surface area (Å²) < 4.78 is 0. The Bertz CT molecular complexity index is 1240. The summed E-state index contributed by atoms with van der Waals surface area (Å²) in [7, 11) is 0. The maximum Gasteiger partial charge on any atom is 0.272 e. The molecule has 0 spiro atoms. The minimum Gasteiger partial charge on any atom is -0.321 e. The van der Waals surface area contributed by atoms with Crippen molar-refractivity contribution in [3.63, 3.8) is 0 Å². The molecule has 33 heavy (non-hydrogen) atoms. The number of anilines is 1. The van der Waals surface area contributed by atoms with Gasteiger partial charge in [-0.05, 0) is 64.4 Å². The Morgan fingerprint density at radius 1 is 0.879 bits per heavy atom. The Morgan fingerprint density at radius 3 is 2.36 bits per heavy atom. The smallest absolute Gasteiger partial charge is 0.272 e. The molecule has 0 saturated carbocycles. The third-order valence-electron chi connectivity index (χ3n) is 4.72. The molecule has 0 radical (unpaired) electrons. The summed E-state index contributed by atoms with van der Waals surface area (Å²) in [5, 5.41) is 9.52. The van der Waals surface area contributed by atoms with Crippen LogP contribution in [0.25, 0.3) is 6.08 Å². The number of hydrogen-bond donors (Lipinski definition) is 2. The number of nitrogens with one attached hydrogen (secondary N) is 2. The first-order valence-electron chi connectivity index (χ1n) is 10.4. The molecule has 3 aromatic carbocycles. The average molecular weight is 471 g/mol. The quantitative estimate of drug-likeness (QED) is 0.230. The van der Waals surface area contributed by atoms with Gasteiger partial charge in [-0.25, -0.2) is 0 Å². The highest BCUT2D eigenvalue weighted by atomic mass is 32.2. The van der Waals surface area contributed by atoms with Crippen LogP contribution in [-0.2, 0) is 10.5 Å². The van der Waals surface area contributed by atoms with Crippen molar-refractivity contribution in [2.75, 3.05) is 5.32 Å². The first kappa shape index (κ1) is 22.6. The molecule has 0 unspecified atom stereocenters. The van der Waals surface area contributed by atoms with Crippen LogP contribution in [0.2, 0.25) is 0 Å². The second-order valence-electron chi connectivity index (χ2n) is 7.19. The molecule has 0 aliphatic rings. The van der Waals surface area contributed by atoms with E-state index in [1.165, 1.54) is 16.9 Å². The van der Waals surface area contributed by atoms with Gasteiger partial charge in [-0.3, -0.25) is 9.59 Å². The molecule has 0 aliphatic carbocycles. The first-order chi connectivity index (χ1) is 16.2. The number of carbonyl (C=O) groups is 2. The highest BCUT2D eigenvalue weighted by Gasteiger charge is 2.15. The molecule has 0 fully saturated rings. The van der Waals surface area contributed by atoms with Crippen molar-refractivity contribution in [3.8, 4) is 0 Å². The summed E-state index contributed by atoms with van der Waals surface area (Å²) in [5.41, 5.74) is 3.43. The first-order valence-corrected chi connectivity index (χ1v) is 12.3. The fourth-order valence-electron chi connectivity index (χ4n) is 3.07. The summed E-state index contributed by atoms with van der Waals surface area (Å²) in [4.78, 5) is 26.8. The van der Waals surface area contributed by atoms with Crippen molar-refractivity contribution in [3.05, 3.63) is 124 Å². The van der Waals surface area contributed by atoms with Gasteiger partial charge in [0, 0.05) is 21.9 Å². The van der Waals surface area contributed by atoms with Crippen LogP contribution in [0.4, 0.5) is 5.69 Å². The molecule has 164 valence electrons. The van der Waals surface area contributed by atoms with Crippen LogP contribution in [0.15, 0.2) is 112 Å². The second-order valence-corrected chi connectivity index (χ2v) is 9.02. The average Bonchev–Trinajstić information content (AvgIpc) is 3.37. The van der Waals surface area contributed by atoms with E-state index in [2.05, 4.69) is 22.8 Å². The van der Waals surface area contributed by atoms with Gasteiger partial charge in [-0.15, -0.1) is 11.8 Å². The topological polar surface area (TPSA) is 58.2 Å². The van der Waals surface area contributed by atoms with Crippen molar-refractivity contribution in [1.82, 2.24) is 5.32 Å². The molecular weight excluding hydrogens is 448 g/mol. The lowest BCUT2D eigenvalue weighted by molar-refractivity contribution is -0.113. The Labute approximate surface area is 201 Å². The molecule has 4 aromatic rings. The molecule has 1 aromatic heterocycles. The zero-order valence-electron chi connectivity index (χ0n) is 17.7. The van der Waals surface area contributed by atoms with Crippen LogP contribution in [-0.4, -0.2) is 11.8 Å². The predicted octanol–water partition coefficient (Wildman–Crippen LogP) is 6.45. The summed E-state index contributed by atoms with van der Waals surface area (Å²) in [6.45, 7) is 0. The predicted molar refractivity (Wildman–Crippen MR) is 137 cm³/mol. The summed E-state index contributed by atoms with van der Waals surface area (Å²) in [6.07, 6.45) is 1.68. The van der Waals surface area contributed by atoms with E-state index in [9.17, 15) is 9.59 Å². The zero-order valence-corrected chi connectivity index (χ0v) is 19.4. The Balaban J connectivity index is 1.48. The number of benzene rings is 3. The van der Waals surface area contributed by atoms with Crippen molar-refractivity contribution in [1.29, 1.82) is 0 Å². The maximum atomic E-state index is 13.1. The lowest BCUT2D eigenvalue weighted by Crippen LogP contribution is -2.30. The van der Waals surface area contributed by atoms with Crippen LogP contribution in [0.5, 0.6) is 0 Å². The molecule has 4 nitrogen and oxygen atoms in total. The van der Waals surface area contributed by atoms with E-state index in [0.717, 1.165) is 16.2 Å². The normalized spacial score (nSPS) is 11.1. The van der Waals surface area contributed by atoms with Gasteiger partial charge in [0.05, 0.1) is 0 Å².